The van der Waals surface area contributed by atoms with Crippen molar-refractivity contribution in [3.63, 3.8) is 0 Å². The van der Waals surface area contributed by atoms with Crippen LogP contribution in [0.25, 0.3) is 0 Å². The molecule has 0 aliphatic carbocycles. The first-order valence-electron chi connectivity index (χ1n) is 8.20. The van der Waals surface area contributed by atoms with Gasteiger partial charge in [0.25, 0.3) is 5.91 Å². The van der Waals surface area contributed by atoms with Crippen molar-refractivity contribution in [1.82, 2.24) is 4.90 Å². The molecule has 138 valence electrons. The molecule has 2 atom stereocenters. The molecule has 0 aromatic carbocycles. The number of carbonyl (C=O) groups excluding carboxylic acids is 2. The van der Waals surface area contributed by atoms with E-state index in [1.807, 2.05) is 0 Å². The second-order valence-corrected chi connectivity index (χ2v) is 9.83. The molecule has 9 heteroatoms. The van der Waals surface area contributed by atoms with Crippen LogP contribution in [0.2, 0.25) is 0 Å². The van der Waals surface area contributed by atoms with E-state index in [1.165, 1.54) is 11.8 Å². The van der Waals surface area contributed by atoms with Crippen molar-refractivity contribution in [2.75, 3.05) is 29.6 Å². The van der Waals surface area contributed by atoms with Crippen molar-refractivity contribution < 1.29 is 27.9 Å². The van der Waals surface area contributed by atoms with Crippen LogP contribution >= 0.6 is 11.8 Å². The lowest BCUT2D eigenvalue weighted by atomic mass is 9.97. The van der Waals surface area contributed by atoms with Gasteiger partial charge in [0, 0.05) is 12.6 Å². The molecule has 1 amide bonds. The lowest BCUT2D eigenvalue weighted by Crippen LogP contribution is -2.49. The highest BCUT2D eigenvalue weighted by Gasteiger charge is 2.42. The van der Waals surface area contributed by atoms with Gasteiger partial charge in [0.15, 0.2) is 21.5 Å². The Labute approximate surface area is 147 Å². The molecule has 0 aromatic heterocycles. The highest BCUT2D eigenvalue weighted by molar-refractivity contribution is 7.99. The maximum atomic E-state index is 12.6. The van der Waals surface area contributed by atoms with Crippen molar-refractivity contribution in [3.8, 4) is 0 Å². The number of ether oxygens (including phenoxy) is 1. The molecular weight excluding hydrogens is 354 g/mol. The molecular formula is C15H25NO6S2. The standard InChI is InChI=1S/C15H25NO6S2/c1-3-16(12-4-9-24(20,21)10-12)13(17)11(2)22-14(18)15(19)5-7-23-8-6-15/h11-12,19H,3-10H2,1-2H3/t11-,12+/m0/s1. The number of rotatable bonds is 5. The van der Waals surface area contributed by atoms with Gasteiger partial charge in [-0.3, -0.25) is 4.79 Å². The van der Waals surface area contributed by atoms with E-state index in [-0.39, 0.29) is 17.5 Å². The third-order valence-electron chi connectivity index (χ3n) is 4.60. The van der Waals surface area contributed by atoms with Crippen molar-refractivity contribution in [2.45, 2.75) is 50.9 Å². The largest absolute Gasteiger partial charge is 0.450 e. The molecule has 0 radical (unpaired) electrons. The molecule has 2 saturated heterocycles. The first-order valence-corrected chi connectivity index (χ1v) is 11.2. The van der Waals surface area contributed by atoms with Crippen LogP contribution < -0.4 is 0 Å². The molecule has 0 aromatic rings. The molecule has 0 unspecified atom stereocenters. The van der Waals surface area contributed by atoms with Gasteiger partial charge < -0.3 is 14.7 Å². The summed E-state index contributed by atoms with van der Waals surface area (Å²) in [6, 6.07) is -0.372. The highest BCUT2D eigenvalue weighted by Crippen LogP contribution is 2.28. The number of hydrogen-bond acceptors (Lipinski definition) is 7. The number of likely N-dealkylation sites (N-methyl/N-ethyl adjacent to an activating group) is 1. The number of thioether (sulfide) groups is 1. The third-order valence-corrected chi connectivity index (χ3v) is 7.34. The average Bonchev–Trinajstić information content (AvgIpc) is 2.88. The Morgan fingerprint density at radius 2 is 2.00 bits per heavy atom. The van der Waals surface area contributed by atoms with Gasteiger partial charge in [-0.15, -0.1) is 0 Å². The molecule has 2 aliphatic heterocycles. The average molecular weight is 380 g/mol. The second kappa shape index (κ2) is 7.61. The summed E-state index contributed by atoms with van der Waals surface area (Å²) in [5, 5.41) is 10.4. The van der Waals surface area contributed by atoms with Gasteiger partial charge in [-0.2, -0.15) is 11.8 Å². The van der Waals surface area contributed by atoms with E-state index in [9.17, 15) is 23.1 Å². The Bertz CT molecular complexity index is 585. The summed E-state index contributed by atoms with van der Waals surface area (Å²) in [5.41, 5.74) is -1.52. The van der Waals surface area contributed by atoms with Crippen molar-refractivity contribution in [3.05, 3.63) is 0 Å². The summed E-state index contributed by atoms with van der Waals surface area (Å²) in [4.78, 5) is 26.2. The number of nitrogens with zero attached hydrogens (tertiary/aromatic N) is 1. The maximum Gasteiger partial charge on any atom is 0.338 e. The normalized spacial score (nSPS) is 26.5. The number of amides is 1. The number of aliphatic hydroxyl groups is 1. The van der Waals surface area contributed by atoms with E-state index in [4.69, 9.17) is 4.74 Å². The minimum Gasteiger partial charge on any atom is -0.450 e. The molecule has 0 spiro atoms. The zero-order chi connectivity index (χ0) is 18.0. The van der Waals surface area contributed by atoms with Gasteiger partial charge in [0.05, 0.1) is 11.5 Å². The Morgan fingerprint density at radius 3 is 2.50 bits per heavy atom. The fraction of sp³-hybridized carbons (Fsp3) is 0.867. The fourth-order valence-electron chi connectivity index (χ4n) is 3.08. The molecule has 2 aliphatic rings. The molecule has 1 N–H and O–H groups in total. The SMILES string of the molecule is CCN(C(=O)[C@H](C)OC(=O)C1(O)CCSCC1)[C@@H]1CCS(=O)(=O)C1. The molecule has 24 heavy (non-hydrogen) atoms. The summed E-state index contributed by atoms with van der Waals surface area (Å²) in [6.45, 7) is 3.58. The summed E-state index contributed by atoms with van der Waals surface area (Å²) < 4.78 is 28.5. The summed E-state index contributed by atoms with van der Waals surface area (Å²) in [7, 11) is -3.10. The molecule has 2 heterocycles. The molecule has 2 rings (SSSR count). The predicted octanol–water partition coefficient (Wildman–Crippen LogP) is 0.212. The van der Waals surface area contributed by atoms with Crippen LogP contribution in [0.1, 0.15) is 33.1 Å². The Hall–Kier alpha value is -0.800. The summed E-state index contributed by atoms with van der Waals surface area (Å²) >= 11 is 1.67. The van der Waals surface area contributed by atoms with Crippen LogP contribution in [-0.4, -0.2) is 77.6 Å². The van der Waals surface area contributed by atoms with Gasteiger partial charge in [-0.25, -0.2) is 13.2 Å². The molecule has 2 fully saturated rings. The van der Waals surface area contributed by atoms with Gasteiger partial charge in [-0.1, -0.05) is 0 Å². The number of carbonyl (C=O) groups is 2. The van der Waals surface area contributed by atoms with Crippen LogP contribution in [0.5, 0.6) is 0 Å². The van der Waals surface area contributed by atoms with Gasteiger partial charge in [-0.05, 0) is 44.6 Å². The topological polar surface area (TPSA) is 101 Å². The van der Waals surface area contributed by atoms with Crippen molar-refractivity contribution >= 4 is 33.5 Å². The Balaban J connectivity index is 1.98. The monoisotopic (exact) mass is 379 g/mol. The van der Waals surface area contributed by atoms with E-state index < -0.39 is 33.4 Å². The minimum absolute atomic E-state index is 0.0472. The van der Waals surface area contributed by atoms with Crippen LogP contribution in [0.4, 0.5) is 0 Å². The first-order chi connectivity index (χ1) is 11.2. The Kier molecular flexibility index (Phi) is 6.19. The molecule has 7 nitrogen and oxygen atoms in total. The summed E-state index contributed by atoms with van der Waals surface area (Å²) in [6.07, 6.45) is -0.00527. The zero-order valence-electron chi connectivity index (χ0n) is 14.1. The number of esters is 1. The molecule has 0 saturated carbocycles. The van der Waals surface area contributed by atoms with E-state index in [0.29, 0.717) is 37.3 Å². The molecule has 0 bridgehead atoms. The van der Waals surface area contributed by atoms with E-state index in [2.05, 4.69) is 0 Å². The van der Waals surface area contributed by atoms with Crippen LogP contribution in [0.15, 0.2) is 0 Å². The second-order valence-electron chi connectivity index (χ2n) is 6.37. The quantitative estimate of drug-likeness (QED) is 0.682. The lowest BCUT2D eigenvalue weighted by Gasteiger charge is -2.32. The highest BCUT2D eigenvalue weighted by atomic mass is 32.2. The third kappa shape index (κ3) is 4.43. The van der Waals surface area contributed by atoms with Crippen molar-refractivity contribution in [1.29, 1.82) is 0 Å². The van der Waals surface area contributed by atoms with E-state index >= 15 is 0 Å². The Morgan fingerprint density at radius 1 is 1.38 bits per heavy atom. The summed E-state index contributed by atoms with van der Waals surface area (Å²) in [5.74, 6) is 0.200. The van der Waals surface area contributed by atoms with Crippen LogP contribution in [-0.2, 0) is 24.2 Å². The first kappa shape index (κ1) is 19.5. The van der Waals surface area contributed by atoms with Gasteiger partial charge in [0.2, 0.25) is 0 Å². The predicted molar refractivity (Wildman–Crippen MR) is 91.5 cm³/mol. The van der Waals surface area contributed by atoms with Crippen LogP contribution in [0, 0.1) is 0 Å². The van der Waals surface area contributed by atoms with Gasteiger partial charge in [0.1, 0.15) is 0 Å². The van der Waals surface area contributed by atoms with Crippen molar-refractivity contribution in [2.24, 2.45) is 0 Å². The van der Waals surface area contributed by atoms with Gasteiger partial charge >= 0.3 is 5.97 Å². The zero-order valence-corrected chi connectivity index (χ0v) is 15.7. The fourth-order valence-corrected chi connectivity index (χ4v) is 5.98. The minimum atomic E-state index is -3.10. The lowest BCUT2D eigenvalue weighted by molar-refractivity contribution is -0.176. The number of sulfone groups is 1. The number of hydrogen-bond donors (Lipinski definition) is 1. The maximum absolute atomic E-state index is 12.6. The van der Waals surface area contributed by atoms with E-state index in [1.54, 1.807) is 18.7 Å². The van der Waals surface area contributed by atoms with E-state index in [0.717, 1.165) is 0 Å². The smallest absolute Gasteiger partial charge is 0.338 e. The van der Waals surface area contributed by atoms with Crippen LogP contribution in [0.3, 0.4) is 0 Å².